The summed E-state index contributed by atoms with van der Waals surface area (Å²) >= 11 is 5.98. The SMILES string of the molecule is C[C@H](NC1CC(O)C1(C)C)c1cccc(Cl)c1. The van der Waals surface area contributed by atoms with E-state index in [2.05, 4.69) is 32.2 Å². The van der Waals surface area contributed by atoms with Crippen molar-refractivity contribution in [3.05, 3.63) is 34.9 Å². The molecule has 2 unspecified atom stereocenters. The van der Waals surface area contributed by atoms with Crippen molar-refractivity contribution in [3.63, 3.8) is 0 Å². The summed E-state index contributed by atoms with van der Waals surface area (Å²) in [7, 11) is 0. The molecule has 0 bridgehead atoms. The number of halogens is 1. The van der Waals surface area contributed by atoms with Gasteiger partial charge in [-0.3, -0.25) is 0 Å². The Morgan fingerprint density at radius 1 is 1.47 bits per heavy atom. The molecule has 0 spiro atoms. The molecule has 94 valence electrons. The van der Waals surface area contributed by atoms with Gasteiger partial charge in [-0.2, -0.15) is 0 Å². The number of hydrogen-bond donors (Lipinski definition) is 2. The van der Waals surface area contributed by atoms with Crippen molar-refractivity contribution in [2.75, 3.05) is 0 Å². The van der Waals surface area contributed by atoms with Gasteiger partial charge in [0.2, 0.25) is 0 Å². The first-order valence-corrected chi connectivity index (χ1v) is 6.48. The second kappa shape index (κ2) is 4.60. The zero-order valence-corrected chi connectivity index (χ0v) is 11.3. The van der Waals surface area contributed by atoms with Gasteiger partial charge in [0.15, 0.2) is 0 Å². The molecule has 0 amide bonds. The molecule has 2 nitrogen and oxygen atoms in total. The lowest BCUT2D eigenvalue weighted by atomic mass is 9.64. The highest BCUT2D eigenvalue weighted by Crippen LogP contribution is 2.41. The molecule has 1 aromatic rings. The molecule has 2 rings (SSSR count). The minimum Gasteiger partial charge on any atom is -0.392 e. The average Bonchev–Trinajstić information content (AvgIpc) is 2.28. The molecular formula is C14H20ClNO. The Kier molecular flexibility index (Phi) is 3.48. The van der Waals surface area contributed by atoms with E-state index in [1.807, 2.05) is 18.2 Å². The molecule has 1 saturated carbocycles. The van der Waals surface area contributed by atoms with Gasteiger partial charge in [-0.05, 0) is 31.0 Å². The van der Waals surface area contributed by atoms with Gasteiger partial charge in [0, 0.05) is 22.5 Å². The standard InChI is InChI=1S/C14H20ClNO/c1-9(10-5-4-6-11(15)7-10)16-12-8-13(17)14(12,2)3/h4-7,9,12-13,16-17H,8H2,1-3H3/t9-,12?,13?/m0/s1. The minimum absolute atomic E-state index is 0.0349. The van der Waals surface area contributed by atoms with Gasteiger partial charge in [-0.15, -0.1) is 0 Å². The third kappa shape index (κ3) is 2.49. The monoisotopic (exact) mass is 253 g/mol. The largest absolute Gasteiger partial charge is 0.392 e. The number of nitrogens with one attached hydrogen (secondary N) is 1. The average molecular weight is 254 g/mol. The van der Waals surface area contributed by atoms with E-state index in [0.29, 0.717) is 6.04 Å². The molecule has 0 saturated heterocycles. The Hall–Kier alpha value is -0.570. The van der Waals surface area contributed by atoms with E-state index < -0.39 is 0 Å². The van der Waals surface area contributed by atoms with Crippen LogP contribution in [0.15, 0.2) is 24.3 Å². The fraction of sp³-hybridized carbons (Fsp3) is 0.571. The van der Waals surface area contributed by atoms with Crippen molar-refractivity contribution < 1.29 is 5.11 Å². The van der Waals surface area contributed by atoms with Gasteiger partial charge in [-0.25, -0.2) is 0 Å². The van der Waals surface area contributed by atoms with Crippen molar-refractivity contribution in [1.29, 1.82) is 0 Å². The quantitative estimate of drug-likeness (QED) is 0.867. The molecule has 1 aliphatic carbocycles. The van der Waals surface area contributed by atoms with Crippen molar-refractivity contribution >= 4 is 11.6 Å². The van der Waals surface area contributed by atoms with E-state index in [1.54, 1.807) is 0 Å². The Morgan fingerprint density at radius 2 is 2.18 bits per heavy atom. The van der Waals surface area contributed by atoms with Gasteiger partial charge in [0.25, 0.3) is 0 Å². The highest BCUT2D eigenvalue weighted by Gasteiger charge is 2.47. The number of aliphatic hydroxyl groups is 1. The van der Waals surface area contributed by atoms with E-state index in [9.17, 15) is 5.11 Å². The Labute approximate surface area is 108 Å². The number of hydrogen-bond acceptors (Lipinski definition) is 2. The summed E-state index contributed by atoms with van der Waals surface area (Å²) in [6.45, 7) is 6.33. The van der Waals surface area contributed by atoms with E-state index in [1.165, 1.54) is 5.56 Å². The van der Waals surface area contributed by atoms with Crippen LogP contribution >= 0.6 is 11.6 Å². The molecule has 1 fully saturated rings. The van der Waals surface area contributed by atoms with Crippen LogP contribution in [0.2, 0.25) is 5.02 Å². The van der Waals surface area contributed by atoms with Crippen LogP contribution < -0.4 is 5.32 Å². The summed E-state index contributed by atoms with van der Waals surface area (Å²) in [4.78, 5) is 0. The zero-order valence-electron chi connectivity index (χ0n) is 10.6. The summed E-state index contributed by atoms with van der Waals surface area (Å²) in [6, 6.07) is 8.54. The number of aliphatic hydroxyl groups excluding tert-OH is 1. The lowest BCUT2D eigenvalue weighted by Gasteiger charge is -2.50. The van der Waals surface area contributed by atoms with Crippen LogP contribution in [0.4, 0.5) is 0 Å². The fourth-order valence-electron chi connectivity index (χ4n) is 2.36. The van der Waals surface area contributed by atoms with E-state index in [4.69, 9.17) is 11.6 Å². The van der Waals surface area contributed by atoms with Crippen molar-refractivity contribution in [2.45, 2.75) is 45.4 Å². The van der Waals surface area contributed by atoms with Crippen LogP contribution in [0, 0.1) is 5.41 Å². The van der Waals surface area contributed by atoms with E-state index in [0.717, 1.165) is 11.4 Å². The first kappa shape index (κ1) is 12.9. The summed E-state index contributed by atoms with van der Waals surface area (Å²) in [5, 5.41) is 14.0. The van der Waals surface area contributed by atoms with Crippen LogP contribution in [0.3, 0.4) is 0 Å². The molecule has 17 heavy (non-hydrogen) atoms. The predicted molar refractivity (Wildman–Crippen MR) is 71.2 cm³/mol. The maximum Gasteiger partial charge on any atom is 0.0621 e. The molecule has 0 radical (unpaired) electrons. The maximum atomic E-state index is 9.71. The smallest absolute Gasteiger partial charge is 0.0621 e. The molecule has 2 N–H and O–H groups in total. The second-order valence-corrected chi connectivity index (χ2v) is 6.01. The molecular weight excluding hydrogens is 234 g/mol. The summed E-state index contributed by atoms with van der Waals surface area (Å²) in [5.41, 5.74) is 1.15. The first-order valence-electron chi connectivity index (χ1n) is 6.11. The molecule has 0 heterocycles. The summed E-state index contributed by atoms with van der Waals surface area (Å²) in [5.74, 6) is 0. The lowest BCUT2D eigenvalue weighted by Crippen LogP contribution is -2.60. The molecule has 1 aliphatic rings. The minimum atomic E-state index is -0.188. The number of rotatable bonds is 3. The topological polar surface area (TPSA) is 32.3 Å². The third-order valence-electron chi connectivity index (χ3n) is 4.02. The van der Waals surface area contributed by atoms with Crippen molar-refractivity contribution in [3.8, 4) is 0 Å². The predicted octanol–water partition coefficient (Wildman–Crippen LogP) is 3.15. The number of benzene rings is 1. The van der Waals surface area contributed by atoms with Gasteiger partial charge >= 0.3 is 0 Å². The van der Waals surface area contributed by atoms with Crippen LogP contribution in [0.1, 0.15) is 38.8 Å². The second-order valence-electron chi connectivity index (χ2n) is 5.57. The van der Waals surface area contributed by atoms with E-state index in [-0.39, 0.29) is 17.6 Å². The Morgan fingerprint density at radius 3 is 2.71 bits per heavy atom. The summed E-state index contributed by atoms with van der Waals surface area (Å²) in [6.07, 6.45) is 0.643. The Balaban J connectivity index is 2.01. The van der Waals surface area contributed by atoms with Crippen LogP contribution in [0.25, 0.3) is 0 Å². The molecule has 3 atom stereocenters. The highest BCUT2D eigenvalue weighted by molar-refractivity contribution is 6.30. The fourth-order valence-corrected chi connectivity index (χ4v) is 2.56. The zero-order chi connectivity index (χ0) is 12.6. The Bertz CT molecular complexity index is 405. The molecule has 0 aliphatic heterocycles. The molecule has 1 aromatic carbocycles. The molecule has 0 aromatic heterocycles. The first-order chi connectivity index (χ1) is 7.91. The van der Waals surface area contributed by atoms with Crippen molar-refractivity contribution in [1.82, 2.24) is 5.32 Å². The van der Waals surface area contributed by atoms with Crippen LogP contribution in [-0.2, 0) is 0 Å². The van der Waals surface area contributed by atoms with Gasteiger partial charge in [0.1, 0.15) is 0 Å². The molecule has 3 heteroatoms. The highest BCUT2D eigenvalue weighted by atomic mass is 35.5. The third-order valence-corrected chi connectivity index (χ3v) is 4.25. The van der Waals surface area contributed by atoms with Crippen molar-refractivity contribution in [2.24, 2.45) is 5.41 Å². The van der Waals surface area contributed by atoms with Gasteiger partial charge in [-0.1, -0.05) is 37.6 Å². The van der Waals surface area contributed by atoms with Crippen LogP contribution in [0.5, 0.6) is 0 Å². The maximum absolute atomic E-state index is 9.71. The summed E-state index contributed by atoms with van der Waals surface area (Å²) < 4.78 is 0. The van der Waals surface area contributed by atoms with Gasteiger partial charge in [0.05, 0.1) is 6.10 Å². The van der Waals surface area contributed by atoms with Crippen LogP contribution in [-0.4, -0.2) is 17.3 Å². The lowest BCUT2D eigenvalue weighted by molar-refractivity contribution is -0.0754. The van der Waals surface area contributed by atoms with E-state index >= 15 is 0 Å². The normalized spacial score (nSPS) is 28.5. The van der Waals surface area contributed by atoms with Gasteiger partial charge < -0.3 is 10.4 Å².